The Labute approximate surface area is 90.2 Å². The van der Waals surface area contributed by atoms with Crippen molar-refractivity contribution >= 4 is 22.7 Å². The Morgan fingerprint density at radius 1 is 1.08 bits per heavy atom. The molecule has 0 aromatic carbocycles. The van der Waals surface area contributed by atoms with Crippen molar-refractivity contribution in [2.75, 3.05) is 0 Å². The first-order chi connectivity index (χ1) is 4.83. The summed E-state index contributed by atoms with van der Waals surface area (Å²) in [7, 11) is -4.98. The number of hydrogen-bond acceptors (Lipinski definition) is 6. The van der Waals surface area contributed by atoms with Crippen molar-refractivity contribution in [2.24, 2.45) is 0 Å². The van der Waals surface area contributed by atoms with Gasteiger partial charge in [0.1, 0.15) is 0 Å². The molecule has 0 saturated carbocycles. The summed E-state index contributed by atoms with van der Waals surface area (Å²) in [6.07, 6.45) is -4.35. The van der Waals surface area contributed by atoms with Crippen LogP contribution in [0.25, 0.3) is 0 Å². The molecule has 0 amide bonds. The maximum atomic E-state index is 10.0. The van der Waals surface area contributed by atoms with E-state index in [-0.39, 0.29) is 31.0 Å². The summed E-state index contributed by atoms with van der Waals surface area (Å²) in [5.41, 5.74) is 0. The van der Waals surface area contributed by atoms with Crippen molar-refractivity contribution in [1.29, 1.82) is 0 Å². The Kier molecular flexibility index (Phi) is 6.07. The molecule has 8 nitrogen and oxygen atoms in total. The SMILES string of the molecule is O=C(O)OS(=O)(=O)OC(=O)O.[H-].[Na+]. The van der Waals surface area contributed by atoms with E-state index in [0.29, 0.717) is 0 Å². The molecule has 0 unspecified atom stereocenters. The molecule has 0 aliphatic carbocycles. The van der Waals surface area contributed by atoms with E-state index in [1.54, 1.807) is 0 Å². The zero-order chi connectivity index (χ0) is 9.07. The van der Waals surface area contributed by atoms with Gasteiger partial charge in [-0.2, -0.15) is 0 Å². The molecule has 0 atom stereocenters. The molecule has 0 rings (SSSR count). The predicted octanol–water partition coefficient (Wildman–Crippen LogP) is -3.26. The van der Waals surface area contributed by atoms with Crippen LogP contribution in [0.3, 0.4) is 0 Å². The normalized spacial score (nSPS) is 9.33. The van der Waals surface area contributed by atoms with Gasteiger partial charge in [0.2, 0.25) is 0 Å². The minimum atomic E-state index is -4.98. The van der Waals surface area contributed by atoms with Gasteiger partial charge < -0.3 is 11.6 Å². The van der Waals surface area contributed by atoms with Crippen molar-refractivity contribution < 1.29 is 67.6 Å². The molecule has 0 aliphatic heterocycles. The van der Waals surface area contributed by atoms with Gasteiger partial charge >= 0.3 is 52.3 Å². The standard InChI is InChI=1S/C2H2O8S.Na.H/c3-1(4)9-11(7,8)10-2(5)6;;/h(H,3,4)(H,5,6);;/q;+1;-1. The van der Waals surface area contributed by atoms with Crippen molar-refractivity contribution in [3.05, 3.63) is 0 Å². The van der Waals surface area contributed by atoms with Crippen LogP contribution < -0.4 is 29.6 Å². The fourth-order valence-electron chi connectivity index (χ4n) is 0.192. The smallest absolute Gasteiger partial charge is 1.00 e. The molecule has 2 N–H and O–H groups in total. The third-order valence-corrected chi connectivity index (χ3v) is 1.04. The Hall–Kier alpha value is -0.510. The Morgan fingerprint density at radius 3 is 1.50 bits per heavy atom. The van der Waals surface area contributed by atoms with Gasteiger partial charge in [-0.3, -0.25) is 8.37 Å². The van der Waals surface area contributed by atoms with E-state index in [2.05, 4.69) is 8.37 Å². The summed E-state index contributed by atoms with van der Waals surface area (Å²) >= 11 is 0. The van der Waals surface area contributed by atoms with E-state index in [4.69, 9.17) is 10.2 Å². The molecule has 0 aliphatic rings. The van der Waals surface area contributed by atoms with Crippen LogP contribution in [-0.4, -0.2) is 30.9 Å². The monoisotopic (exact) mass is 210 g/mol. The molecule has 0 heterocycles. The first-order valence-corrected chi connectivity index (χ1v) is 3.26. The first-order valence-electron chi connectivity index (χ1n) is 1.93. The second-order valence-corrected chi connectivity index (χ2v) is 2.26. The van der Waals surface area contributed by atoms with Crippen molar-refractivity contribution in [2.45, 2.75) is 0 Å². The third-order valence-electron chi connectivity index (χ3n) is 0.347. The average molecular weight is 210 g/mol. The van der Waals surface area contributed by atoms with Crippen LogP contribution in [0, 0.1) is 0 Å². The number of carbonyl (C=O) groups is 2. The minimum absolute atomic E-state index is 0. The number of rotatable bonds is 2. The Bertz CT molecular complexity index is 248. The van der Waals surface area contributed by atoms with Crippen molar-refractivity contribution in [1.82, 2.24) is 0 Å². The van der Waals surface area contributed by atoms with Crippen LogP contribution in [0.5, 0.6) is 0 Å². The second-order valence-electron chi connectivity index (χ2n) is 1.11. The quantitative estimate of drug-likeness (QED) is 0.454. The predicted molar refractivity (Wildman–Crippen MR) is 28.3 cm³/mol. The van der Waals surface area contributed by atoms with Crippen LogP contribution in [0.4, 0.5) is 9.59 Å². The molecule has 0 radical (unpaired) electrons. The van der Waals surface area contributed by atoms with Crippen LogP contribution in [0.15, 0.2) is 0 Å². The summed E-state index contributed by atoms with van der Waals surface area (Å²) in [5.74, 6) is 0. The van der Waals surface area contributed by atoms with Gasteiger partial charge in [-0.15, -0.1) is 8.42 Å². The van der Waals surface area contributed by atoms with Crippen LogP contribution in [0.2, 0.25) is 0 Å². The average Bonchev–Trinajstić information content (AvgIpc) is 1.53. The minimum Gasteiger partial charge on any atom is -1.00 e. The van der Waals surface area contributed by atoms with Crippen LogP contribution >= 0.6 is 0 Å². The molecule has 0 saturated heterocycles. The van der Waals surface area contributed by atoms with Gasteiger partial charge in [-0.05, 0) is 0 Å². The van der Waals surface area contributed by atoms with E-state index in [0.717, 1.165) is 0 Å². The van der Waals surface area contributed by atoms with Gasteiger partial charge in [-0.1, -0.05) is 0 Å². The fraction of sp³-hybridized carbons (Fsp3) is 0. The Balaban J connectivity index is -0.000000500. The number of carboxylic acid groups (broad SMARTS) is 2. The number of hydrogen-bond donors (Lipinski definition) is 2. The Morgan fingerprint density at radius 2 is 1.33 bits per heavy atom. The van der Waals surface area contributed by atoms with Crippen LogP contribution in [0.1, 0.15) is 1.43 Å². The maximum absolute atomic E-state index is 10.0. The molecule has 0 aromatic heterocycles. The third kappa shape index (κ3) is 7.60. The molecule has 0 spiro atoms. The van der Waals surface area contributed by atoms with E-state index in [9.17, 15) is 18.0 Å². The summed E-state index contributed by atoms with van der Waals surface area (Å²) in [5, 5.41) is 15.4. The zero-order valence-corrected chi connectivity index (χ0v) is 8.57. The van der Waals surface area contributed by atoms with Crippen molar-refractivity contribution in [3.63, 3.8) is 0 Å². The summed E-state index contributed by atoms with van der Waals surface area (Å²) in [6.45, 7) is 0. The van der Waals surface area contributed by atoms with E-state index in [1.807, 2.05) is 0 Å². The summed E-state index contributed by atoms with van der Waals surface area (Å²) in [6, 6.07) is 0. The molecule has 0 aromatic rings. The molecule has 0 bridgehead atoms. The van der Waals surface area contributed by atoms with E-state index in [1.165, 1.54) is 0 Å². The van der Waals surface area contributed by atoms with Gasteiger partial charge in [0, 0.05) is 0 Å². The molecule has 66 valence electrons. The summed E-state index contributed by atoms with van der Waals surface area (Å²) < 4.78 is 26.2. The van der Waals surface area contributed by atoms with Gasteiger partial charge in [0.05, 0.1) is 0 Å². The fourth-order valence-corrected chi connectivity index (χ4v) is 0.575. The largest absolute Gasteiger partial charge is 1.00 e. The second kappa shape index (κ2) is 5.19. The molecule has 10 heteroatoms. The van der Waals surface area contributed by atoms with Crippen molar-refractivity contribution in [3.8, 4) is 0 Å². The molecule has 0 fully saturated rings. The maximum Gasteiger partial charge on any atom is 1.00 e. The topological polar surface area (TPSA) is 127 Å². The molecular formula is C2H3NaO8S. The van der Waals surface area contributed by atoms with Gasteiger partial charge in [0.25, 0.3) is 0 Å². The van der Waals surface area contributed by atoms with Crippen LogP contribution in [-0.2, 0) is 18.8 Å². The van der Waals surface area contributed by atoms with E-state index >= 15 is 0 Å². The summed E-state index contributed by atoms with van der Waals surface area (Å²) in [4.78, 5) is 19.0. The van der Waals surface area contributed by atoms with E-state index < -0.39 is 22.7 Å². The van der Waals surface area contributed by atoms with Gasteiger partial charge in [0.15, 0.2) is 0 Å². The zero-order valence-electron chi connectivity index (χ0n) is 6.75. The molecular weight excluding hydrogens is 207 g/mol. The van der Waals surface area contributed by atoms with Gasteiger partial charge in [-0.25, -0.2) is 9.59 Å². The first kappa shape index (κ1) is 14.0. The molecule has 12 heavy (non-hydrogen) atoms.